The minimum atomic E-state index is -0.577. The van der Waals surface area contributed by atoms with Crippen LogP contribution in [0.15, 0.2) is 30.3 Å². The van der Waals surface area contributed by atoms with Crippen LogP contribution in [0.1, 0.15) is 32.1 Å². The first kappa shape index (κ1) is 12.0. The van der Waals surface area contributed by atoms with Crippen LogP contribution in [0, 0.1) is 0 Å². The van der Waals surface area contributed by atoms with Gasteiger partial charge in [-0.3, -0.25) is 0 Å². The lowest BCUT2D eigenvalue weighted by Gasteiger charge is -2.49. The molecule has 3 N–H and O–H groups in total. The topological polar surface area (TPSA) is 44.3 Å². The van der Waals surface area contributed by atoms with Crippen LogP contribution >= 0.6 is 0 Å². The smallest absolute Gasteiger partial charge is 0.1000 e. The van der Waals surface area contributed by atoms with E-state index in [0.717, 1.165) is 37.9 Å². The molecule has 2 fully saturated rings. The van der Waals surface area contributed by atoms with Gasteiger partial charge in [-0.1, -0.05) is 31.0 Å². The van der Waals surface area contributed by atoms with E-state index in [1.54, 1.807) is 0 Å². The second-order valence-electron chi connectivity index (χ2n) is 5.60. The molecule has 2 aliphatic rings. The van der Waals surface area contributed by atoms with E-state index >= 15 is 0 Å². The molecule has 0 amide bonds. The number of hydrogen-bond acceptors (Lipinski definition) is 3. The summed E-state index contributed by atoms with van der Waals surface area (Å²) in [4.78, 5) is 0. The number of rotatable bonds is 2. The Labute approximate surface area is 109 Å². The molecule has 3 heteroatoms. The van der Waals surface area contributed by atoms with Crippen LogP contribution in [-0.2, 0) is 0 Å². The lowest BCUT2D eigenvalue weighted by molar-refractivity contribution is -0.0584. The molecule has 0 radical (unpaired) electrons. The summed E-state index contributed by atoms with van der Waals surface area (Å²) in [5.41, 5.74) is 0.536. The van der Waals surface area contributed by atoms with Crippen LogP contribution in [0.4, 0.5) is 5.69 Å². The van der Waals surface area contributed by atoms with E-state index in [-0.39, 0.29) is 12.1 Å². The first-order valence-corrected chi connectivity index (χ1v) is 7.06. The van der Waals surface area contributed by atoms with E-state index in [1.165, 1.54) is 6.42 Å². The number of hydrogen-bond donors (Lipinski definition) is 3. The van der Waals surface area contributed by atoms with Crippen molar-refractivity contribution in [1.29, 1.82) is 0 Å². The van der Waals surface area contributed by atoms with Crippen LogP contribution in [0.2, 0.25) is 0 Å². The van der Waals surface area contributed by atoms with Gasteiger partial charge >= 0.3 is 0 Å². The first-order valence-electron chi connectivity index (χ1n) is 7.06. The first-order chi connectivity index (χ1) is 8.79. The Morgan fingerprint density at radius 1 is 1.17 bits per heavy atom. The highest BCUT2D eigenvalue weighted by Gasteiger charge is 2.47. The largest absolute Gasteiger partial charge is 0.386 e. The molecule has 0 spiro atoms. The summed E-state index contributed by atoms with van der Waals surface area (Å²) in [6, 6.07) is 10.7. The average molecular weight is 246 g/mol. The summed E-state index contributed by atoms with van der Waals surface area (Å²) >= 11 is 0. The van der Waals surface area contributed by atoms with Gasteiger partial charge in [0, 0.05) is 11.7 Å². The molecular formula is C15H22N2O. The van der Waals surface area contributed by atoms with E-state index in [2.05, 4.69) is 22.8 Å². The SMILES string of the molecule is OC12CCCCC1NCCC2Nc1ccccc1. The standard InChI is InChI=1S/C15H22N2O/c18-15-10-5-4-8-13(15)16-11-9-14(15)17-12-6-2-1-3-7-12/h1-3,6-7,13-14,16-18H,4-5,8-11H2. The van der Waals surface area contributed by atoms with E-state index in [1.807, 2.05) is 18.2 Å². The molecule has 1 aliphatic carbocycles. The number of para-hydroxylation sites is 1. The molecule has 1 saturated heterocycles. The Bertz CT molecular complexity index is 393. The number of aliphatic hydroxyl groups is 1. The van der Waals surface area contributed by atoms with Crippen LogP contribution in [0.3, 0.4) is 0 Å². The maximum Gasteiger partial charge on any atom is 0.1000 e. The van der Waals surface area contributed by atoms with Crippen molar-refractivity contribution >= 4 is 5.69 Å². The van der Waals surface area contributed by atoms with Gasteiger partial charge in [0.2, 0.25) is 0 Å². The molecule has 3 unspecified atom stereocenters. The monoisotopic (exact) mass is 246 g/mol. The van der Waals surface area contributed by atoms with Crippen molar-refractivity contribution in [3.63, 3.8) is 0 Å². The van der Waals surface area contributed by atoms with Crippen molar-refractivity contribution in [3.8, 4) is 0 Å². The minimum absolute atomic E-state index is 0.173. The Balaban J connectivity index is 1.78. The van der Waals surface area contributed by atoms with Crippen LogP contribution in [0.25, 0.3) is 0 Å². The van der Waals surface area contributed by atoms with Crippen molar-refractivity contribution in [2.75, 3.05) is 11.9 Å². The molecule has 98 valence electrons. The van der Waals surface area contributed by atoms with Crippen molar-refractivity contribution in [3.05, 3.63) is 30.3 Å². The molecule has 0 aromatic heterocycles. The Morgan fingerprint density at radius 2 is 2.00 bits per heavy atom. The number of piperidine rings is 1. The molecule has 3 rings (SSSR count). The minimum Gasteiger partial charge on any atom is -0.386 e. The van der Waals surface area contributed by atoms with Crippen molar-refractivity contribution in [1.82, 2.24) is 5.32 Å². The van der Waals surface area contributed by atoms with Crippen molar-refractivity contribution in [2.24, 2.45) is 0 Å². The Morgan fingerprint density at radius 3 is 2.83 bits per heavy atom. The fourth-order valence-electron chi connectivity index (χ4n) is 3.46. The van der Waals surface area contributed by atoms with Gasteiger partial charge in [-0.2, -0.15) is 0 Å². The Kier molecular flexibility index (Phi) is 3.27. The third-order valence-corrected chi connectivity index (χ3v) is 4.47. The quantitative estimate of drug-likeness (QED) is 0.749. The fraction of sp³-hybridized carbons (Fsp3) is 0.600. The highest BCUT2D eigenvalue weighted by Crippen LogP contribution is 2.36. The van der Waals surface area contributed by atoms with Crippen molar-refractivity contribution in [2.45, 2.75) is 49.8 Å². The number of benzene rings is 1. The second kappa shape index (κ2) is 4.90. The summed E-state index contributed by atoms with van der Waals surface area (Å²) < 4.78 is 0. The predicted molar refractivity (Wildman–Crippen MR) is 73.7 cm³/mol. The molecular weight excluding hydrogens is 224 g/mol. The summed E-state index contributed by atoms with van der Waals surface area (Å²) in [7, 11) is 0. The molecule has 1 saturated carbocycles. The number of anilines is 1. The van der Waals surface area contributed by atoms with Gasteiger partial charge in [-0.05, 0) is 37.9 Å². The molecule has 1 heterocycles. The molecule has 0 bridgehead atoms. The predicted octanol–water partition coefficient (Wildman–Crippen LogP) is 2.13. The van der Waals surface area contributed by atoms with E-state index < -0.39 is 5.60 Å². The molecule has 1 aromatic carbocycles. The second-order valence-corrected chi connectivity index (χ2v) is 5.60. The lowest BCUT2D eigenvalue weighted by Crippen LogP contribution is -2.65. The third-order valence-electron chi connectivity index (χ3n) is 4.47. The summed E-state index contributed by atoms with van der Waals surface area (Å²) in [5.74, 6) is 0. The number of fused-ring (bicyclic) bond motifs is 1. The zero-order chi connectivity index (χ0) is 12.4. The molecule has 3 nitrogen and oxygen atoms in total. The third kappa shape index (κ3) is 2.13. The molecule has 1 aliphatic heterocycles. The maximum atomic E-state index is 11.0. The highest BCUT2D eigenvalue weighted by atomic mass is 16.3. The van der Waals surface area contributed by atoms with Crippen LogP contribution in [0.5, 0.6) is 0 Å². The zero-order valence-corrected chi connectivity index (χ0v) is 10.7. The average Bonchev–Trinajstić information content (AvgIpc) is 2.41. The van der Waals surface area contributed by atoms with Gasteiger partial charge in [0.15, 0.2) is 0 Å². The summed E-state index contributed by atoms with van der Waals surface area (Å²) in [6.45, 7) is 0.997. The van der Waals surface area contributed by atoms with E-state index in [4.69, 9.17) is 0 Å². The summed E-state index contributed by atoms with van der Waals surface area (Å²) in [5, 5.41) is 18.0. The number of nitrogens with one attached hydrogen (secondary N) is 2. The molecule has 1 aromatic rings. The van der Waals surface area contributed by atoms with E-state index in [9.17, 15) is 5.11 Å². The normalized spacial score (nSPS) is 35.8. The molecule has 3 atom stereocenters. The van der Waals surface area contributed by atoms with Crippen LogP contribution < -0.4 is 10.6 Å². The summed E-state index contributed by atoms with van der Waals surface area (Å²) in [6.07, 6.45) is 5.38. The van der Waals surface area contributed by atoms with Gasteiger partial charge in [0.1, 0.15) is 0 Å². The van der Waals surface area contributed by atoms with Crippen molar-refractivity contribution < 1.29 is 5.11 Å². The zero-order valence-electron chi connectivity index (χ0n) is 10.7. The van der Waals surface area contributed by atoms with E-state index in [0.29, 0.717) is 0 Å². The van der Waals surface area contributed by atoms with Gasteiger partial charge < -0.3 is 15.7 Å². The fourth-order valence-corrected chi connectivity index (χ4v) is 3.46. The van der Waals surface area contributed by atoms with Gasteiger partial charge in [0.05, 0.1) is 11.6 Å². The van der Waals surface area contributed by atoms with Gasteiger partial charge in [-0.15, -0.1) is 0 Å². The maximum absolute atomic E-state index is 11.0. The van der Waals surface area contributed by atoms with Crippen LogP contribution in [-0.4, -0.2) is 29.3 Å². The molecule has 18 heavy (non-hydrogen) atoms. The lowest BCUT2D eigenvalue weighted by atomic mass is 9.72. The highest BCUT2D eigenvalue weighted by molar-refractivity contribution is 5.44. The van der Waals surface area contributed by atoms with Gasteiger partial charge in [-0.25, -0.2) is 0 Å². The van der Waals surface area contributed by atoms with Gasteiger partial charge in [0.25, 0.3) is 0 Å². The Hall–Kier alpha value is -1.06.